The number of carbonyl (C=O) groups is 1. The van der Waals surface area contributed by atoms with Gasteiger partial charge >= 0.3 is 0 Å². The van der Waals surface area contributed by atoms with Gasteiger partial charge < -0.3 is 14.5 Å². The highest BCUT2D eigenvalue weighted by Gasteiger charge is 2.26. The molecule has 5 rings (SSSR count). The Morgan fingerprint density at radius 3 is 2.48 bits per heavy atom. The van der Waals surface area contributed by atoms with E-state index in [2.05, 4.69) is 18.7 Å². The van der Waals surface area contributed by atoms with Crippen molar-refractivity contribution in [1.82, 2.24) is 24.6 Å². The van der Waals surface area contributed by atoms with Gasteiger partial charge in [-0.3, -0.25) is 4.79 Å². The second-order valence-corrected chi connectivity index (χ2v) is 10.5. The van der Waals surface area contributed by atoms with E-state index in [9.17, 15) is 9.18 Å². The quantitative estimate of drug-likeness (QED) is 0.293. The van der Waals surface area contributed by atoms with Crippen molar-refractivity contribution in [2.24, 2.45) is 0 Å². The van der Waals surface area contributed by atoms with Gasteiger partial charge in [0.15, 0.2) is 5.65 Å². The summed E-state index contributed by atoms with van der Waals surface area (Å²) < 4.78 is 20.7. The number of carbonyl (C=O) groups excluding carboxylic acids is 1. The van der Waals surface area contributed by atoms with Crippen molar-refractivity contribution in [2.45, 2.75) is 52.4 Å². The molecule has 1 fully saturated rings. The number of aryl methyl sites for hydroxylation is 1. The van der Waals surface area contributed by atoms with E-state index < -0.39 is 0 Å². The number of benzene rings is 2. The Balaban J connectivity index is 1.44. The van der Waals surface area contributed by atoms with Crippen LogP contribution in [0.3, 0.4) is 0 Å². The molecule has 2 aromatic heterocycles. The highest BCUT2D eigenvalue weighted by atomic mass is 19.1. The van der Waals surface area contributed by atoms with Crippen molar-refractivity contribution in [3.05, 3.63) is 71.4 Å². The first-order chi connectivity index (χ1) is 19.4. The molecule has 9 heteroatoms. The second-order valence-electron chi connectivity index (χ2n) is 10.5. The molecule has 40 heavy (non-hydrogen) atoms. The number of amides is 1. The summed E-state index contributed by atoms with van der Waals surface area (Å²) in [5.41, 5.74) is 3.27. The van der Waals surface area contributed by atoms with Gasteiger partial charge in [0.1, 0.15) is 23.2 Å². The maximum absolute atomic E-state index is 13.7. The summed E-state index contributed by atoms with van der Waals surface area (Å²) in [6.07, 6.45) is 3.21. The topological polar surface area (TPSA) is 76.4 Å². The minimum atomic E-state index is -0.292. The van der Waals surface area contributed by atoms with Gasteiger partial charge in [-0.1, -0.05) is 32.4 Å². The van der Waals surface area contributed by atoms with E-state index in [0.717, 1.165) is 71.2 Å². The molecule has 0 spiro atoms. The number of anilines is 1. The molecular weight excluding hydrogens is 507 g/mol. The minimum Gasteiger partial charge on any atom is -0.497 e. The highest BCUT2D eigenvalue weighted by molar-refractivity contribution is 5.91. The fourth-order valence-corrected chi connectivity index (χ4v) is 5.36. The number of hydrogen-bond donors (Lipinski definition) is 0. The fourth-order valence-electron chi connectivity index (χ4n) is 5.36. The zero-order valence-corrected chi connectivity index (χ0v) is 23.7. The molecule has 0 N–H and O–H groups in total. The predicted molar refractivity (Wildman–Crippen MR) is 155 cm³/mol. The van der Waals surface area contributed by atoms with Gasteiger partial charge in [-0.25, -0.2) is 19.0 Å². The van der Waals surface area contributed by atoms with Crippen LogP contribution in [0.5, 0.6) is 5.75 Å². The first kappa shape index (κ1) is 27.6. The van der Waals surface area contributed by atoms with Crippen molar-refractivity contribution in [3.8, 4) is 11.4 Å². The Kier molecular flexibility index (Phi) is 8.28. The summed E-state index contributed by atoms with van der Waals surface area (Å²) in [5.74, 6) is 2.43. The lowest BCUT2D eigenvalue weighted by molar-refractivity contribution is -0.130. The van der Waals surface area contributed by atoms with Crippen LogP contribution >= 0.6 is 0 Å². The SMILES string of the molecule is CCC[C@@H](C)c1nc(N2CCCN(C(=O)Cc3ccc(OC)cc3)CC2)c2c(C)nn(-c3ccc(F)cc3)c2n1. The molecule has 0 aliphatic carbocycles. The lowest BCUT2D eigenvalue weighted by atomic mass is 10.1. The second kappa shape index (κ2) is 12.0. The van der Waals surface area contributed by atoms with Crippen molar-refractivity contribution in [2.75, 3.05) is 38.2 Å². The Labute approximate surface area is 234 Å². The summed E-state index contributed by atoms with van der Waals surface area (Å²) in [7, 11) is 1.64. The van der Waals surface area contributed by atoms with Crippen LogP contribution in [0.15, 0.2) is 48.5 Å². The van der Waals surface area contributed by atoms with Crippen LogP contribution < -0.4 is 9.64 Å². The molecule has 8 nitrogen and oxygen atoms in total. The fraction of sp³-hybridized carbons (Fsp3) is 0.419. The van der Waals surface area contributed by atoms with Crippen molar-refractivity contribution >= 4 is 22.8 Å². The minimum absolute atomic E-state index is 0.123. The monoisotopic (exact) mass is 544 g/mol. The standard InChI is InChI=1S/C31H37FN6O2/c1-5-7-21(2)29-33-30(28-22(3)35-38(31(28)34-29)25-12-10-24(32)11-13-25)37-17-6-16-36(18-19-37)27(39)20-23-8-14-26(40-4)15-9-23/h8-15,21H,5-7,16-20H2,1-4H3/t21-/m1/s1. The summed E-state index contributed by atoms with van der Waals surface area (Å²) in [4.78, 5) is 27.5. The summed E-state index contributed by atoms with van der Waals surface area (Å²) in [6, 6.07) is 14.0. The number of nitrogens with zero attached hydrogens (tertiary/aromatic N) is 6. The number of aromatic nitrogens is 4. The van der Waals surface area contributed by atoms with Crippen LogP contribution in [-0.2, 0) is 11.2 Å². The average molecular weight is 545 g/mol. The average Bonchev–Trinajstić information content (AvgIpc) is 3.12. The maximum atomic E-state index is 13.7. The molecule has 1 aliphatic rings. The third-order valence-electron chi connectivity index (χ3n) is 7.60. The molecule has 1 amide bonds. The van der Waals surface area contributed by atoms with Crippen LogP contribution in [-0.4, -0.2) is 63.8 Å². The summed E-state index contributed by atoms with van der Waals surface area (Å²) in [6.45, 7) is 9.05. The lowest BCUT2D eigenvalue weighted by Gasteiger charge is -2.24. The van der Waals surface area contributed by atoms with Gasteiger partial charge in [-0.15, -0.1) is 0 Å². The molecule has 210 valence electrons. The molecule has 2 aromatic carbocycles. The number of rotatable bonds is 8. The third-order valence-corrected chi connectivity index (χ3v) is 7.60. The zero-order valence-electron chi connectivity index (χ0n) is 23.7. The molecule has 4 aromatic rings. The van der Waals surface area contributed by atoms with Gasteiger partial charge in [0.05, 0.1) is 30.3 Å². The normalized spacial score (nSPS) is 14.8. The van der Waals surface area contributed by atoms with E-state index in [-0.39, 0.29) is 17.6 Å². The Morgan fingerprint density at radius 1 is 1.02 bits per heavy atom. The number of methoxy groups -OCH3 is 1. The van der Waals surface area contributed by atoms with Crippen molar-refractivity contribution in [1.29, 1.82) is 0 Å². The molecular formula is C31H37FN6O2. The van der Waals surface area contributed by atoms with Crippen LogP contribution in [0.1, 0.15) is 56.1 Å². The van der Waals surface area contributed by atoms with Crippen molar-refractivity contribution in [3.63, 3.8) is 0 Å². The number of halogens is 1. The van der Waals surface area contributed by atoms with E-state index in [1.165, 1.54) is 12.1 Å². The van der Waals surface area contributed by atoms with Crippen LogP contribution in [0.25, 0.3) is 16.7 Å². The van der Waals surface area contributed by atoms with E-state index >= 15 is 0 Å². The van der Waals surface area contributed by atoms with Crippen LogP contribution in [0.4, 0.5) is 10.2 Å². The van der Waals surface area contributed by atoms with E-state index in [1.54, 1.807) is 23.9 Å². The number of fused-ring (bicyclic) bond motifs is 1. The molecule has 1 saturated heterocycles. The highest BCUT2D eigenvalue weighted by Crippen LogP contribution is 2.32. The molecule has 1 atom stereocenters. The summed E-state index contributed by atoms with van der Waals surface area (Å²) in [5, 5.41) is 5.71. The predicted octanol–water partition coefficient (Wildman–Crippen LogP) is 5.46. The van der Waals surface area contributed by atoms with E-state index in [0.29, 0.717) is 26.1 Å². The largest absolute Gasteiger partial charge is 0.497 e. The Bertz CT molecular complexity index is 1470. The number of hydrogen-bond acceptors (Lipinski definition) is 6. The first-order valence-corrected chi connectivity index (χ1v) is 14.1. The van der Waals surface area contributed by atoms with Crippen molar-refractivity contribution < 1.29 is 13.9 Å². The van der Waals surface area contributed by atoms with E-state index in [4.69, 9.17) is 19.8 Å². The van der Waals surface area contributed by atoms with Gasteiger partial charge in [-0.2, -0.15) is 5.10 Å². The molecule has 0 bridgehead atoms. The van der Waals surface area contributed by atoms with Crippen LogP contribution in [0, 0.1) is 12.7 Å². The molecule has 0 radical (unpaired) electrons. The zero-order chi connectivity index (χ0) is 28.2. The molecule has 0 saturated carbocycles. The van der Waals surface area contributed by atoms with Gasteiger partial charge in [0.2, 0.25) is 5.91 Å². The van der Waals surface area contributed by atoms with Gasteiger partial charge in [0.25, 0.3) is 0 Å². The van der Waals surface area contributed by atoms with Gasteiger partial charge in [-0.05, 0) is 61.7 Å². The Morgan fingerprint density at radius 2 is 1.77 bits per heavy atom. The van der Waals surface area contributed by atoms with Crippen LogP contribution in [0.2, 0.25) is 0 Å². The molecule has 1 aliphatic heterocycles. The molecule has 3 heterocycles. The third kappa shape index (κ3) is 5.78. The smallest absolute Gasteiger partial charge is 0.227 e. The maximum Gasteiger partial charge on any atom is 0.227 e. The van der Waals surface area contributed by atoms with E-state index in [1.807, 2.05) is 36.1 Å². The molecule has 0 unspecified atom stereocenters. The lowest BCUT2D eigenvalue weighted by Crippen LogP contribution is -2.36. The number of ether oxygens (including phenoxy) is 1. The summed E-state index contributed by atoms with van der Waals surface area (Å²) >= 11 is 0. The van der Waals surface area contributed by atoms with Gasteiger partial charge in [0, 0.05) is 32.1 Å². The first-order valence-electron chi connectivity index (χ1n) is 14.1. The Hall–Kier alpha value is -4.01.